The second kappa shape index (κ2) is 12.2. The lowest BCUT2D eigenvalue weighted by Crippen LogP contribution is -2.54. The predicted molar refractivity (Wildman–Crippen MR) is 159 cm³/mol. The van der Waals surface area contributed by atoms with Crippen LogP contribution >= 0.6 is 0 Å². The number of aliphatic hydroxyl groups is 1. The lowest BCUT2D eigenvalue weighted by molar-refractivity contribution is -0.129. The second-order valence-electron chi connectivity index (χ2n) is 14.3. The average molecular weight is 499 g/mol. The molecule has 35 heavy (non-hydrogen) atoms. The van der Waals surface area contributed by atoms with E-state index in [2.05, 4.69) is 48.5 Å². The van der Waals surface area contributed by atoms with Crippen molar-refractivity contribution in [2.75, 3.05) is 7.11 Å². The zero-order valence-corrected chi connectivity index (χ0v) is 25.0. The standard InChI is InChI=1S/C30H54O2.C3H8.4H2/c1-7-16-28(3,32-6)17-8-9-21(2)25-12-13-26-24-11-10-22-20-23(31)14-18-29(22,4)27(24)15-19-30(25,26)5;1-3-2;;;;/h21-27,31H,7-20H2,1-6H3;3H2,1-2H3;4*1H/t21-,22?,23+,24+,25?,26?,27?,28?,29+,30-;;;;;/m1...../s1. The first-order valence-electron chi connectivity index (χ1n) is 15.8. The molecule has 4 fully saturated rings. The normalized spacial score (nSPS) is 43.1. The number of methoxy groups -OCH3 is 1. The molecule has 0 spiro atoms. The molecule has 0 radical (unpaired) electrons. The third-order valence-electron chi connectivity index (χ3n) is 12.0. The molecule has 214 valence electrons. The summed E-state index contributed by atoms with van der Waals surface area (Å²) in [6.45, 7) is 16.8. The molecule has 0 aromatic rings. The third kappa shape index (κ3) is 6.00. The van der Waals surface area contributed by atoms with Gasteiger partial charge in [-0.3, -0.25) is 0 Å². The van der Waals surface area contributed by atoms with Crippen LogP contribution < -0.4 is 0 Å². The molecule has 2 nitrogen and oxygen atoms in total. The molecule has 0 heterocycles. The van der Waals surface area contributed by atoms with Gasteiger partial charge < -0.3 is 9.84 Å². The van der Waals surface area contributed by atoms with Gasteiger partial charge in [-0.2, -0.15) is 0 Å². The minimum atomic E-state index is -0.0208. The van der Waals surface area contributed by atoms with Crippen molar-refractivity contribution in [3.8, 4) is 0 Å². The van der Waals surface area contributed by atoms with Crippen molar-refractivity contribution in [2.45, 2.75) is 156 Å². The zero-order chi connectivity index (χ0) is 25.9. The van der Waals surface area contributed by atoms with Gasteiger partial charge in [-0.25, -0.2) is 0 Å². The Hall–Kier alpha value is -0.0800. The fourth-order valence-electron chi connectivity index (χ4n) is 10.1. The van der Waals surface area contributed by atoms with E-state index in [0.717, 1.165) is 48.3 Å². The highest BCUT2D eigenvalue weighted by Gasteiger charge is 2.60. The zero-order valence-electron chi connectivity index (χ0n) is 25.0. The maximum Gasteiger partial charge on any atom is 0.0650 e. The molecule has 0 bridgehead atoms. The summed E-state index contributed by atoms with van der Waals surface area (Å²) in [6, 6.07) is 0. The first-order valence-corrected chi connectivity index (χ1v) is 15.8. The van der Waals surface area contributed by atoms with Gasteiger partial charge in [-0.15, -0.1) is 0 Å². The van der Waals surface area contributed by atoms with Crippen LogP contribution in [0.2, 0.25) is 0 Å². The maximum absolute atomic E-state index is 10.3. The Kier molecular flexibility index (Phi) is 10.3. The van der Waals surface area contributed by atoms with Crippen LogP contribution in [-0.2, 0) is 4.74 Å². The van der Waals surface area contributed by atoms with Crippen molar-refractivity contribution in [1.82, 2.24) is 0 Å². The van der Waals surface area contributed by atoms with E-state index in [1.54, 1.807) is 0 Å². The molecule has 10 atom stereocenters. The second-order valence-corrected chi connectivity index (χ2v) is 14.3. The van der Waals surface area contributed by atoms with Crippen molar-refractivity contribution in [2.24, 2.45) is 46.3 Å². The van der Waals surface area contributed by atoms with Crippen LogP contribution in [0.3, 0.4) is 0 Å². The molecule has 5 unspecified atom stereocenters. The van der Waals surface area contributed by atoms with E-state index < -0.39 is 0 Å². The van der Waals surface area contributed by atoms with Gasteiger partial charge in [0, 0.05) is 12.8 Å². The predicted octanol–water partition coefficient (Wildman–Crippen LogP) is 10.4. The molecular formula is C33H70O2. The Morgan fingerprint density at radius 1 is 0.943 bits per heavy atom. The molecule has 4 saturated carbocycles. The Morgan fingerprint density at radius 2 is 1.60 bits per heavy atom. The summed E-state index contributed by atoms with van der Waals surface area (Å²) in [6.07, 6.45) is 19.7. The van der Waals surface area contributed by atoms with Gasteiger partial charge in [0.15, 0.2) is 0 Å². The monoisotopic (exact) mass is 499 g/mol. The largest absolute Gasteiger partial charge is 0.393 e. The van der Waals surface area contributed by atoms with Crippen molar-refractivity contribution in [1.29, 1.82) is 0 Å². The summed E-state index contributed by atoms with van der Waals surface area (Å²) in [5, 5.41) is 10.3. The first-order chi connectivity index (χ1) is 16.6. The van der Waals surface area contributed by atoms with E-state index in [-0.39, 0.29) is 17.4 Å². The van der Waals surface area contributed by atoms with Crippen molar-refractivity contribution < 1.29 is 15.5 Å². The van der Waals surface area contributed by atoms with Crippen molar-refractivity contribution >= 4 is 0 Å². The molecule has 0 aromatic heterocycles. The fourth-order valence-corrected chi connectivity index (χ4v) is 10.1. The van der Waals surface area contributed by atoms with E-state index in [1.807, 2.05) is 7.11 Å². The lowest BCUT2D eigenvalue weighted by Gasteiger charge is -2.61. The van der Waals surface area contributed by atoms with E-state index >= 15 is 0 Å². The minimum absolute atomic E-state index is 0. The van der Waals surface area contributed by atoms with Gasteiger partial charge in [-0.05, 0) is 124 Å². The van der Waals surface area contributed by atoms with Crippen LogP contribution in [0.5, 0.6) is 0 Å². The number of rotatable bonds is 8. The van der Waals surface area contributed by atoms with Crippen LogP contribution in [0, 0.1) is 46.3 Å². The molecule has 4 aliphatic rings. The molecule has 4 rings (SSSR count). The number of aliphatic hydroxyl groups excluding tert-OH is 1. The highest BCUT2D eigenvalue weighted by Crippen LogP contribution is 2.68. The summed E-state index contributed by atoms with van der Waals surface area (Å²) >= 11 is 0. The molecule has 0 aromatic carbocycles. The van der Waals surface area contributed by atoms with Gasteiger partial charge in [0.25, 0.3) is 0 Å². The molecule has 1 N–H and O–H groups in total. The first kappa shape index (κ1) is 29.5. The quantitative estimate of drug-likeness (QED) is 0.360. The van der Waals surface area contributed by atoms with E-state index in [9.17, 15) is 5.11 Å². The lowest BCUT2D eigenvalue weighted by atomic mass is 9.44. The molecule has 2 heteroatoms. The van der Waals surface area contributed by atoms with E-state index in [4.69, 9.17) is 4.74 Å². The van der Waals surface area contributed by atoms with E-state index in [1.165, 1.54) is 83.5 Å². The third-order valence-corrected chi connectivity index (χ3v) is 12.0. The summed E-state index contributed by atoms with van der Waals surface area (Å²) < 4.78 is 5.89. The van der Waals surface area contributed by atoms with Crippen molar-refractivity contribution in [3.05, 3.63) is 0 Å². The average Bonchev–Trinajstić information content (AvgIpc) is 3.17. The number of hydrogen-bond acceptors (Lipinski definition) is 2. The number of fused-ring (bicyclic) bond motifs is 5. The Bertz CT molecular complexity index is 666. The fraction of sp³-hybridized carbons (Fsp3) is 1.00. The highest BCUT2D eigenvalue weighted by molar-refractivity contribution is 5.09. The van der Waals surface area contributed by atoms with Crippen LogP contribution in [0.4, 0.5) is 0 Å². The summed E-state index contributed by atoms with van der Waals surface area (Å²) in [5.74, 6) is 5.41. The molecule has 4 aliphatic carbocycles. The van der Waals surface area contributed by atoms with Crippen LogP contribution in [-0.4, -0.2) is 23.9 Å². The Morgan fingerprint density at radius 3 is 2.26 bits per heavy atom. The molecule has 0 amide bonds. The highest BCUT2D eigenvalue weighted by atomic mass is 16.5. The summed E-state index contributed by atoms with van der Waals surface area (Å²) in [4.78, 5) is 0. The smallest absolute Gasteiger partial charge is 0.0650 e. The summed E-state index contributed by atoms with van der Waals surface area (Å²) in [5.41, 5.74) is 1.17. The van der Waals surface area contributed by atoms with Crippen LogP contribution in [0.1, 0.15) is 150 Å². The van der Waals surface area contributed by atoms with Gasteiger partial charge in [0.2, 0.25) is 0 Å². The van der Waals surface area contributed by atoms with Gasteiger partial charge >= 0.3 is 0 Å². The molecular weight excluding hydrogens is 428 g/mol. The van der Waals surface area contributed by atoms with E-state index in [0.29, 0.717) is 10.8 Å². The maximum atomic E-state index is 10.3. The minimum Gasteiger partial charge on any atom is -0.393 e. The molecule has 0 aliphatic heterocycles. The van der Waals surface area contributed by atoms with Crippen LogP contribution in [0.15, 0.2) is 0 Å². The SMILES string of the molecule is CCC.CCCC(C)(CCC[C@@H](C)C1CCC2[C@@H]3CCC4C[C@@H](O)CC[C@]4(C)C3CC[C@@]21C)OC.[HH].[HH].[HH].[HH]. The van der Waals surface area contributed by atoms with Gasteiger partial charge in [0.1, 0.15) is 0 Å². The Balaban J connectivity index is 0. The number of hydrogen-bond donors (Lipinski definition) is 1. The summed E-state index contributed by atoms with van der Waals surface area (Å²) in [7, 11) is 1.91. The van der Waals surface area contributed by atoms with Crippen molar-refractivity contribution in [3.63, 3.8) is 0 Å². The molecule has 0 saturated heterocycles. The topological polar surface area (TPSA) is 29.5 Å². The van der Waals surface area contributed by atoms with Crippen LogP contribution in [0.25, 0.3) is 0 Å². The number of ether oxygens (including phenoxy) is 1. The Labute approximate surface area is 225 Å². The van der Waals surface area contributed by atoms with Gasteiger partial charge in [0.05, 0.1) is 11.7 Å². The van der Waals surface area contributed by atoms with Gasteiger partial charge in [-0.1, -0.05) is 67.2 Å².